The Hall–Kier alpha value is -3.27. The van der Waals surface area contributed by atoms with Crippen molar-refractivity contribution in [2.75, 3.05) is 10.8 Å². The van der Waals surface area contributed by atoms with Gasteiger partial charge in [0.1, 0.15) is 12.6 Å². The monoisotopic (exact) mass is 731 g/mol. The number of halogens is 4. The Morgan fingerprint density at radius 1 is 0.766 bits per heavy atom. The minimum Gasteiger partial charge on any atom is -0.352 e. The van der Waals surface area contributed by atoms with Crippen LogP contribution in [0.2, 0.25) is 20.1 Å². The second kappa shape index (κ2) is 15.8. The summed E-state index contributed by atoms with van der Waals surface area (Å²) in [7, 11) is -4.33. The van der Waals surface area contributed by atoms with Gasteiger partial charge in [0.2, 0.25) is 11.8 Å². The average molecular weight is 734 g/mol. The number of carbonyl (C=O) groups is 2. The molecule has 0 bridgehead atoms. The molecule has 1 atom stereocenters. The third-order valence-electron chi connectivity index (χ3n) is 8.12. The maximum Gasteiger partial charge on any atom is 0.264 e. The molecule has 0 unspecified atom stereocenters. The van der Waals surface area contributed by atoms with Gasteiger partial charge in [-0.15, -0.1) is 0 Å². The first-order valence-corrected chi connectivity index (χ1v) is 18.1. The first-order chi connectivity index (χ1) is 22.5. The van der Waals surface area contributed by atoms with Gasteiger partial charge in [-0.3, -0.25) is 13.9 Å². The van der Waals surface area contributed by atoms with E-state index in [2.05, 4.69) is 5.32 Å². The molecule has 246 valence electrons. The van der Waals surface area contributed by atoms with Gasteiger partial charge >= 0.3 is 0 Å². The van der Waals surface area contributed by atoms with Gasteiger partial charge in [0.15, 0.2) is 0 Å². The third kappa shape index (κ3) is 8.61. The first-order valence-electron chi connectivity index (χ1n) is 15.1. The van der Waals surface area contributed by atoms with Crippen LogP contribution in [0.25, 0.3) is 0 Å². The highest BCUT2D eigenvalue weighted by molar-refractivity contribution is 7.92. The number of anilines is 1. The van der Waals surface area contributed by atoms with Gasteiger partial charge in [-0.25, -0.2) is 8.42 Å². The smallest absolute Gasteiger partial charge is 0.264 e. The molecule has 1 fully saturated rings. The molecule has 0 spiro atoms. The van der Waals surface area contributed by atoms with E-state index in [9.17, 15) is 18.0 Å². The molecule has 0 heterocycles. The maximum atomic E-state index is 14.6. The van der Waals surface area contributed by atoms with Gasteiger partial charge in [0.05, 0.1) is 30.7 Å². The number of sulfonamides is 1. The highest BCUT2D eigenvalue weighted by Crippen LogP contribution is 2.36. The van der Waals surface area contributed by atoms with E-state index in [0.717, 1.165) is 35.6 Å². The Bertz CT molecular complexity index is 1820. The molecule has 0 radical (unpaired) electrons. The van der Waals surface area contributed by atoms with Gasteiger partial charge < -0.3 is 10.2 Å². The maximum absolute atomic E-state index is 14.6. The third-order valence-corrected chi connectivity index (χ3v) is 11.4. The zero-order valence-corrected chi connectivity index (χ0v) is 29.1. The lowest BCUT2D eigenvalue weighted by atomic mass is 10.0. The quantitative estimate of drug-likeness (QED) is 0.159. The van der Waals surface area contributed by atoms with E-state index in [0.29, 0.717) is 10.6 Å². The summed E-state index contributed by atoms with van der Waals surface area (Å²) in [5.41, 5.74) is 1.47. The summed E-state index contributed by atoms with van der Waals surface area (Å²) in [4.78, 5) is 30.1. The molecule has 47 heavy (non-hydrogen) atoms. The normalized spacial score (nSPS) is 14.0. The summed E-state index contributed by atoms with van der Waals surface area (Å²) in [6, 6.07) is 25.6. The predicted octanol–water partition coefficient (Wildman–Crippen LogP) is 8.19. The summed E-state index contributed by atoms with van der Waals surface area (Å²) in [5.74, 6) is -0.957. The van der Waals surface area contributed by atoms with Crippen LogP contribution < -0.4 is 9.62 Å². The fraction of sp³-hybridized carbons (Fsp3) is 0.257. The van der Waals surface area contributed by atoms with Crippen molar-refractivity contribution in [3.63, 3.8) is 0 Å². The average Bonchev–Trinajstić information content (AvgIpc) is 3.58. The lowest BCUT2D eigenvalue weighted by Crippen LogP contribution is -2.54. The van der Waals surface area contributed by atoms with E-state index in [1.807, 2.05) is 30.3 Å². The van der Waals surface area contributed by atoms with Crippen molar-refractivity contribution in [1.82, 2.24) is 10.2 Å². The van der Waals surface area contributed by atoms with Crippen LogP contribution in [0, 0.1) is 0 Å². The van der Waals surface area contributed by atoms with Crippen LogP contribution in [-0.2, 0) is 32.6 Å². The van der Waals surface area contributed by atoms with Crippen LogP contribution in [0.3, 0.4) is 0 Å². The molecule has 1 aliphatic carbocycles. The fourth-order valence-electron chi connectivity index (χ4n) is 5.67. The van der Waals surface area contributed by atoms with Crippen molar-refractivity contribution in [2.24, 2.45) is 0 Å². The van der Waals surface area contributed by atoms with E-state index in [1.165, 1.54) is 29.2 Å². The minimum absolute atomic E-state index is 0.0112. The van der Waals surface area contributed by atoms with Crippen LogP contribution in [0.15, 0.2) is 102 Å². The Kier molecular flexibility index (Phi) is 11.7. The van der Waals surface area contributed by atoms with Gasteiger partial charge in [-0.05, 0) is 60.4 Å². The SMILES string of the molecule is O=C(NC1CCCC1)[C@H](Cc1ccccc1)N(Cc1ccc(Cl)c(Cl)c1)C(=O)CN(c1cccc(Cl)c1Cl)S(=O)(=O)c1ccccc1. The zero-order valence-electron chi connectivity index (χ0n) is 25.3. The molecule has 2 amide bonds. The summed E-state index contributed by atoms with van der Waals surface area (Å²) >= 11 is 25.4. The van der Waals surface area contributed by atoms with Crippen molar-refractivity contribution < 1.29 is 18.0 Å². The number of carbonyl (C=O) groups excluding carboxylic acids is 2. The molecule has 7 nitrogen and oxygen atoms in total. The van der Waals surface area contributed by atoms with E-state index < -0.39 is 28.5 Å². The number of nitrogens with zero attached hydrogens (tertiary/aromatic N) is 2. The van der Waals surface area contributed by atoms with E-state index in [1.54, 1.807) is 42.5 Å². The Morgan fingerprint density at radius 3 is 2.09 bits per heavy atom. The number of benzene rings is 4. The van der Waals surface area contributed by atoms with Gasteiger partial charge in [-0.2, -0.15) is 0 Å². The van der Waals surface area contributed by atoms with Crippen LogP contribution in [0.4, 0.5) is 5.69 Å². The molecule has 12 heteroatoms. The number of hydrogen-bond acceptors (Lipinski definition) is 4. The van der Waals surface area contributed by atoms with Crippen molar-refractivity contribution >= 4 is 73.9 Å². The van der Waals surface area contributed by atoms with Crippen molar-refractivity contribution in [1.29, 1.82) is 0 Å². The summed E-state index contributed by atoms with van der Waals surface area (Å²) in [5, 5.41) is 3.86. The molecular weight excluding hydrogens is 700 g/mol. The second-order valence-corrected chi connectivity index (χ2v) is 14.8. The van der Waals surface area contributed by atoms with Crippen molar-refractivity contribution in [2.45, 2.75) is 55.6 Å². The molecule has 1 saturated carbocycles. The Balaban J connectivity index is 1.60. The molecule has 0 aliphatic heterocycles. The second-order valence-electron chi connectivity index (χ2n) is 11.4. The molecule has 4 aromatic rings. The highest BCUT2D eigenvalue weighted by atomic mass is 35.5. The minimum atomic E-state index is -4.33. The Morgan fingerprint density at radius 2 is 1.43 bits per heavy atom. The topological polar surface area (TPSA) is 86.8 Å². The molecule has 4 aromatic carbocycles. The largest absolute Gasteiger partial charge is 0.352 e. The molecule has 0 aromatic heterocycles. The van der Waals surface area contributed by atoms with Crippen LogP contribution >= 0.6 is 46.4 Å². The van der Waals surface area contributed by atoms with E-state index in [-0.39, 0.29) is 50.6 Å². The van der Waals surface area contributed by atoms with Crippen molar-refractivity contribution in [3.05, 3.63) is 128 Å². The van der Waals surface area contributed by atoms with Gasteiger partial charge in [0.25, 0.3) is 10.0 Å². The Labute approximate surface area is 295 Å². The van der Waals surface area contributed by atoms with E-state index >= 15 is 0 Å². The van der Waals surface area contributed by atoms with E-state index in [4.69, 9.17) is 46.4 Å². The van der Waals surface area contributed by atoms with Crippen LogP contribution in [0.1, 0.15) is 36.8 Å². The molecule has 5 rings (SSSR count). The summed E-state index contributed by atoms with van der Waals surface area (Å²) < 4.78 is 29.3. The zero-order chi connectivity index (χ0) is 33.6. The van der Waals surface area contributed by atoms with Gasteiger partial charge in [0, 0.05) is 19.0 Å². The lowest BCUT2D eigenvalue weighted by Gasteiger charge is -2.34. The first kappa shape index (κ1) is 35.0. The number of rotatable bonds is 12. The van der Waals surface area contributed by atoms with Gasteiger partial charge in [-0.1, -0.05) is 120 Å². The van der Waals surface area contributed by atoms with Crippen LogP contribution in [0.5, 0.6) is 0 Å². The standard InChI is InChI=1S/C35H33Cl4N3O4S/c36-28-19-18-25(20-30(28)38)22-41(32(21-24-10-3-1-4-11-24)35(44)40-26-12-7-8-13-26)33(43)23-42(31-17-9-16-29(37)34(31)39)47(45,46)27-14-5-2-6-15-27/h1-6,9-11,14-20,26,32H,7-8,12-13,21-23H2,(H,40,44)/t32-/m0/s1. The van der Waals surface area contributed by atoms with Crippen molar-refractivity contribution in [3.8, 4) is 0 Å². The number of nitrogens with one attached hydrogen (secondary N) is 1. The lowest BCUT2D eigenvalue weighted by molar-refractivity contribution is -0.140. The summed E-state index contributed by atoms with van der Waals surface area (Å²) in [6.45, 7) is -0.714. The molecule has 1 aliphatic rings. The summed E-state index contributed by atoms with van der Waals surface area (Å²) in [6.07, 6.45) is 3.90. The predicted molar refractivity (Wildman–Crippen MR) is 189 cm³/mol. The number of hydrogen-bond donors (Lipinski definition) is 1. The fourth-order valence-corrected chi connectivity index (χ4v) is 7.89. The number of amides is 2. The van der Waals surface area contributed by atoms with Crippen LogP contribution in [-0.4, -0.2) is 43.8 Å². The molecule has 1 N–H and O–H groups in total. The molecular formula is C35H33Cl4N3O4S. The highest BCUT2D eigenvalue weighted by Gasteiger charge is 2.36. The molecule has 0 saturated heterocycles.